The second-order valence-electron chi connectivity index (χ2n) is 5.95. The molecule has 1 heterocycles. The Kier molecular flexibility index (Phi) is 5.21. The maximum atomic E-state index is 12.3. The highest BCUT2D eigenvalue weighted by molar-refractivity contribution is 5.97. The summed E-state index contributed by atoms with van der Waals surface area (Å²) < 4.78 is 10.3. The Morgan fingerprint density at radius 1 is 1.15 bits per heavy atom. The highest BCUT2D eigenvalue weighted by atomic mass is 16.5. The van der Waals surface area contributed by atoms with Crippen LogP contribution in [0.2, 0.25) is 0 Å². The summed E-state index contributed by atoms with van der Waals surface area (Å²) in [6.45, 7) is 0. The molecule has 0 saturated carbocycles. The van der Waals surface area contributed by atoms with Gasteiger partial charge in [0.2, 0.25) is 5.91 Å². The first-order valence-electron chi connectivity index (χ1n) is 8.24. The van der Waals surface area contributed by atoms with Gasteiger partial charge in [-0.05, 0) is 29.8 Å². The number of amides is 2. The van der Waals surface area contributed by atoms with Crippen molar-refractivity contribution in [3.05, 3.63) is 76.1 Å². The lowest BCUT2D eigenvalue weighted by atomic mass is 10.0. The average molecular weight is 366 g/mol. The van der Waals surface area contributed by atoms with Gasteiger partial charge in [0.05, 0.1) is 7.11 Å². The molecule has 0 bridgehead atoms. The topological polar surface area (TPSA) is 112 Å². The fraction of sp³-hybridized carbons (Fsp3) is 0.150. The van der Waals surface area contributed by atoms with Crippen molar-refractivity contribution in [1.29, 1.82) is 0 Å². The van der Waals surface area contributed by atoms with E-state index in [0.29, 0.717) is 27.8 Å². The Labute approximate surface area is 154 Å². The highest BCUT2D eigenvalue weighted by Crippen LogP contribution is 2.23. The Balaban J connectivity index is 1.92. The van der Waals surface area contributed by atoms with Crippen LogP contribution < -0.4 is 21.4 Å². The van der Waals surface area contributed by atoms with Crippen LogP contribution in [0.3, 0.4) is 0 Å². The molecule has 3 N–H and O–H groups in total. The second-order valence-corrected chi connectivity index (χ2v) is 5.95. The van der Waals surface area contributed by atoms with E-state index >= 15 is 0 Å². The predicted octanol–water partition coefficient (Wildman–Crippen LogP) is 1.63. The van der Waals surface area contributed by atoms with E-state index in [1.54, 1.807) is 48.5 Å². The number of ether oxygens (including phenoxy) is 1. The number of fused-ring (bicyclic) bond motifs is 1. The van der Waals surface area contributed by atoms with Gasteiger partial charge in [0, 0.05) is 29.5 Å². The zero-order chi connectivity index (χ0) is 19.4. The molecule has 7 nitrogen and oxygen atoms in total. The van der Waals surface area contributed by atoms with Crippen molar-refractivity contribution in [1.82, 2.24) is 5.32 Å². The fourth-order valence-electron chi connectivity index (χ4n) is 2.78. The molecule has 3 aromatic rings. The molecule has 1 aromatic heterocycles. The van der Waals surface area contributed by atoms with Gasteiger partial charge in [-0.1, -0.05) is 18.2 Å². The number of hydrogen-bond acceptors (Lipinski definition) is 5. The molecular formula is C20H18N2O5. The lowest BCUT2D eigenvalue weighted by Crippen LogP contribution is -2.46. The van der Waals surface area contributed by atoms with Crippen LogP contribution in [-0.4, -0.2) is 25.0 Å². The van der Waals surface area contributed by atoms with Crippen LogP contribution in [0.4, 0.5) is 0 Å². The Morgan fingerprint density at radius 3 is 2.56 bits per heavy atom. The molecule has 2 aromatic carbocycles. The van der Waals surface area contributed by atoms with Crippen LogP contribution in [0.1, 0.15) is 15.9 Å². The van der Waals surface area contributed by atoms with Gasteiger partial charge in [-0.25, -0.2) is 4.79 Å². The van der Waals surface area contributed by atoms with E-state index in [1.807, 2.05) is 0 Å². The number of carbonyl (C=O) groups is 2. The van der Waals surface area contributed by atoms with E-state index in [4.69, 9.17) is 14.9 Å². The molecule has 0 fully saturated rings. The lowest BCUT2D eigenvalue weighted by Gasteiger charge is -2.16. The molecule has 0 spiro atoms. The molecule has 0 unspecified atom stereocenters. The van der Waals surface area contributed by atoms with E-state index in [1.165, 1.54) is 13.2 Å². The molecule has 0 aliphatic heterocycles. The summed E-state index contributed by atoms with van der Waals surface area (Å²) in [7, 11) is 1.51. The van der Waals surface area contributed by atoms with Crippen molar-refractivity contribution in [2.45, 2.75) is 12.5 Å². The molecule has 138 valence electrons. The third-order valence-corrected chi connectivity index (χ3v) is 4.15. The van der Waals surface area contributed by atoms with Crippen molar-refractivity contribution in [3.63, 3.8) is 0 Å². The number of nitrogens with one attached hydrogen (secondary N) is 1. The molecule has 0 aliphatic rings. The standard InChI is InChI=1S/C20H18N2O5/c1-26-14-7-8-15-13(10-18(23)27-17(15)11-14)9-16(19(21)24)22-20(25)12-5-3-2-4-6-12/h2-8,10-11,16H,9H2,1H3,(H2,21,24)(H,22,25)/t16-/m1/s1. The first-order chi connectivity index (χ1) is 13.0. The second kappa shape index (κ2) is 7.74. The van der Waals surface area contributed by atoms with Gasteiger partial charge in [-0.2, -0.15) is 0 Å². The molecular weight excluding hydrogens is 348 g/mol. The van der Waals surface area contributed by atoms with Crippen molar-refractivity contribution >= 4 is 22.8 Å². The quantitative estimate of drug-likeness (QED) is 0.644. The van der Waals surface area contributed by atoms with Gasteiger partial charge in [-0.3, -0.25) is 9.59 Å². The largest absolute Gasteiger partial charge is 0.497 e. The van der Waals surface area contributed by atoms with E-state index in [2.05, 4.69) is 5.32 Å². The summed E-state index contributed by atoms with van der Waals surface area (Å²) in [5.41, 5.74) is 6.18. The van der Waals surface area contributed by atoms with Crippen LogP contribution in [-0.2, 0) is 11.2 Å². The van der Waals surface area contributed by atoms with Gasteiger partial charge in [0.25, 0.3) is 5.91 Å². The van der Waals surface area contributed by atoms with Gasteiger partial charge < -0.3 is 20.2 Å². The zero-order valence-corrected chi connectivity index (χ0v) is 14.6. The lowest BCUT2D eigenvalue weighted by molar-refractivity contribution is -0.119. The third kappa shape index (κ3) is 4.14. The summed E-state index contributed by atoms with van der Waals surface area (Å²) in [5.74, 6) is -0.589. The van der Waals surface area contributed by atoms with Gasteiger partial charge in [-0.15, -0.1) is 0 Å². The Hall–Kier alpha value is -3.61. The SMILES string of the molecule is COc1ccc2c(C[C@@H](NC(=O)c3ccccc3)C(N)=O)cc(=O)oc2c1. The number of methoxy groups -OCH3 is 1. The Bertz CT molecular complexity index is 1040. The summed E-state index contributed by atoms with van der Waals surface area (Å²) >= 11 is 0. The maximum Gasteiger partial charge on any atom is 0.336 e. The summed E-state index contributed by atoms with van der Waals surface area (Å²) in [5, 5.41) is 3.25. The highest BCUT2D eigenvalue weighted by Gasteiger charge is 2.21. The van der Waals surface area contributed by atoms with Crippen molar-refractivity contribution < 1.29 is 18.7 Å². The molecule has 0 radical (unpaired) electrons. The van der Waals surface area contributed by atoms with Gasteiger partial charge in [0.15, 0.2) is 0 Å². The van der Waals surface area contributed by atoms with Crippen LogP contribution >= 0.6 is 0 Å². The van der Waals surface area contributed by atoms with Crippen molar-refractivity contribution in [3.8, 4) is 5.75 Å². The molecule has 3 rings (SSSR count). The van der Waals surface area contributed by atoms with Crippen LogP contribution in [0.5, 0.6) is 5.75 Å². The summed E-state index contributed by atoms with van der Waals surface area (Å²) in [6, 6.07) is 13.8. The first-order valence-corrected chi connectivity index (χ1v) is 8.24. The number of benzene rings is 2. The minimum absolute atomic E-state index is 0.0579. The van der Waals surface area contributed by atoms with Gasteiger partial charge >= 0.3 is 5.63 Å². The smallest absolute Gasteiger partial charge is 0.336 e. The van der Waals surface area contributed by atoms with Gasteiger partial charge in [0.1, 0.15) is 17.4 Å². The fourth-order valence-corrected chi connectivity index (χ4v) is 2.78. The minimum Gasteiger partial charge on any atom is -0.497 e. The van der Waals surface area contributed by atoms with E-state index in [9.17, 15) is 14.4 Å². The van der Waals surface area contributed by atoms with E-state index < -0.39 is 23.5 Å². The molecule has 27 heavy (non-hydrogen) atoms. The van der Waals surface area contributed by atoms with Crippen LogP contribution in [0.25, 0.3) is 11.0 Å². The number of carbonyl (C=O) groups excluding carboxylic acids is 2. The third-order valence-electron chi connectivity index (χ3n) is 4.15. The summed E-state index contributed by atoms with van der Waals surface area (Å²) in [6.07, 6.45) is 0.0579. The molecule has 0 aliphatic carbocycles. The van der Waals surface area contributed by atoms with Crippen molar-refractivity contribution in [2.24, 2.45) is 5.73 Å². The number of hydrogen-bond donors (Lipinski definition) is 2. The van der Waals surface area contributed by atoms with Crippen LogP contribution in [0.15, 0.2) is 63.8 Å². The van der Waals surface area contributed by atoms with Crippen LogP contribution in [0, 0.1) is 0 Å². The molecule has 0 saturated heterocycles. The summed E-state index contributed by atoms with van der Waals surface area (Å²) in [4.78, 5) is 36.1. The monoisotopic (exact) mass is 366 g/mol. The molecule has 2 amide bonds. The number of nitrogens with two attached hydrogens (primary N) is 1. The van der Waals surface area contributed by atoms with Crippen molar-refractivity contribution in [2.75, 3.05) is 7.11 Å². The van der Waals surface area contributed by atoms with E-state index in [0.717, 1.165) is 0 Å². The number of rotatable bonds is 6. The van der Waals surface area contributed by atoms with E-state index in [-0.39, 0.29) is 6.42 Å². The molecule has 7 heteroatoms. The first kappa shape index (κ1) is 18.2. The average Bonchev–Trinajstić information content (AvgIpc) is 2.67. The molecule has 1 atom stereocenters. The predicted molar refractivity (Wildman–Crippen MR) is 99.6 cm³/mol. The minimum atomic E-state index is -0.982. The normalized spacial score (nSPS) is 11.7. The number of primary amides is 1. The zero-order valence-electron chi connectivity index (χ0n) is 14.6. The Morgan fingerprint density at radius 2 is 1.89 bits per heavy atom. The maximum absolute atomic E-state index is 12.3.